The molecule has 0 saturated carbocycles. The van der Waals surface area contributed by atoms with Gasteiger partial charge in [0.25, 0.3) is 0 Å². The van der Waals surface area contributed by atoms with Gasteiger partial charge in [-0.2, -0.15) is 0 Å². The fourth-order valence-electron chi connectivity index (χ4n) is 3.22. The molecule has 0 spiro atoms. The summed E-state index contributed by atoms with van der Waals surface area (Å²) in [4.78, 5) is 2.22. The van der Waals surface area contributed by atoms with Crippen molar-refractivity contribution in [2.45, 2.75) is 25.6 Å². The van der Waals surface area contributed by atoms with Crippen LogP contribution in [0.1, 0.15) is 17.7 Å². The summed E-state index contributed by atoms with van der Waals surface area (Å²) in [5.41, 5.74) is 2.36. The molecule has 2 aromatic rings. The van der Waals surface area contributed by atoms with Crippen molar-refractivity contribution in [3.8, 4) is 18.1 Å². The van der Waals surface area contributed by atoms with Crippen LogP contribution in [-0.4, -0.2) is 67.8 Å². The molecule has 6 nitrogen and oxygen atoms in total. The number of hydrogen-bond donors (Lipinski definition) is 1. The average molecular weight is 401 g/mol. The molecule has 1 aromatic heterocycles. The quantitative estimate of drug-likeness (QED) is 0.390. The van der Waals surface area contributed by atoms with Gasteiger partial charge in [-0.1, -0.05) is 18.1 Å². The Hall–Kier alpha value is -2.30. The van der Waals surface area contributed by atoms with E-state index < -0.39 is 6.10 Å². The molecule has 0 saturated heterocycles. The highest BCUT2D eigenvalue weighted by atomic mass is 16.5. The van der Waals surface area contributed by atoms with Gasteiger partial charge in [0.15, 0.2) is 0 Å². The zero-order chi connectivity index (χ0) is 20.9. The molecule has 6 heteroatoms. The first-order chi connectivity index (χ1) is 14.2. The number of aliphatic hydroxyl groups is 1. The second-order valence-electron chi connectivity index (χ2n) is 6.93. The van der Waals surface area contributed by atoms with E-state index >= 15 is 0 Å². The fraction of sp³-hybridized carbons (Fsp3) is 0.478. The largest absolute Gasteiger partial charge is 0.497 e. The minimum atomic E-state index is -0.590. The third-order valence-corrected chi connectivity index (χ3v) is 4.58. The zero-order valence-electron chi connectivity index (χ0n) is 17.4. The lowest BCUT2D eigenvalue weighted by molar-refractivity contribution is 0.0240. The van der Waals surface area contributed by atoms with Crippen LogP contribution in [-0.2, 0) is 22.6 Å². The first-order valence-corrected chi connectivity index (χ1v) is 9.83. The summed E-state index contributed by atoms with van der Waals surface area (Å²) in [6.45, 7) is 3.96. The van der Waals surface area contributed by atoms with Crippen LogP contribution in [0.4, 0.5) is 0 Å². The number of nitrogens with zero attached hydrogens (tertiary/aromatic N) is 2. The molecule has 0 amide bonds. The van der Waals surface area contributed by atoms with E-state index in [1.807, 2.05) is 18.2 Å². The Labute approximate surface area is 174 Å². The van der Waals surface area contributed by atoms with Crippen LogP contribution in [0.5, 0.6) is 5.75 Å². The van der Waals surface area contributed by atoms with Gasteiger partial charge >= 0.3 is 0 Å². The Kier molecular flexibility index (Phi) is 10.3. The molecule has 1 N–H and O–H groups in total. The van der Waals surface area contributed by atoms with E-state index in [1.165, 1.54) is 11.3 Å². The summed E-state index contributed by atoms with van der Waals surface area (Å²) < 4.78 is 18.0. The van der Waals surface area contributed by atoms with E-state index in [0.29, 0.717) is 13.2 Å². The summed E-state index contributed by atoms with van der Waals surface area (Å²) in [7, 11) is 3.38. The molecular formula is C23H32N2O4. The number of benzene rings is 1. The van der Waals surface area contributed by atoms with Gasteiger partial charge in [-0.25, -0.2) is 0 Å². The summed E-state index contributed by atoms with van der Waals surface area (Å²) in [5, 5.41) is 10.3. The van der Waals surface area contributed by atoms with Crippen molar-refractivity contribution in [3.63, 3.8) is 0 Å². The lowest BCUT2D eigenvalue weighted by atomic mass is 10.2. The standard InChI is InChI=1S/C23H32N2O4/c1-4-13-29-19-22(26)18-24(11-7-14-27-2)17-21-9-6-12-25(21)16-20-8-5-10-23(15-20)28-3/h1,5-6,8-10,12,15,22,26H,7,11,13-14,16-19H2,2-3H3/t22-/m0/s1. The number of hydrogen-bond acceptors (Lipinski definition) is 5. The predicted octanol–water partition coefficient (Wildman–Crippen LogP) is 2.39. The number of aromatic nitrogens is 1. The van der Waals surface area contributed by atoms with Crippen LogP contribution in [0.15, 0.2) is 42.6 Å². The zero-order valence-corrected chi connectivity index (χ0v) is 17.4. The molecule has 0 aliphatic carbocycles. The van der Waals surface area contributed by atoms with E-state index in [9.17, 15) is 5.11 Å². The Morgan fingerprint density at radius 3 is 2.86 bits per heavy atom. The normalized spacial score (nSPS) is 12.1. The SMILES string of the molecule is C#CCOC[C@@H](O)CN(CCCOC)Cc1cccn1Cc1cccc(OC)c1. The molecule has 1 aromatic carbocycles. The van der Waals surface area contributed by atoms with Gasteiger partial charge in [-0.3, -0.25) is 4.90 Å². The molecule has 29 heavy (non-hydrogen) atoms. The molecule has 0 aliphatic heterocycles. The van der Waals surface area contributed by atoms with Crippen molar-refractivity contribution in [1.82, 2.24) is 9.47 Å². The Morgan fingerprint density at radius 1 is 1.24 bits per heavy atom. The lowest BCUT2D eigenvalue weighted by Crippen LogP contribution is -2.36. The average Bonchev–Trinajstić information content (AvgIpc) is 3.15. The maximum atomic E-state index is 10.3. The molecule has 0 aliphatic rings. The Morgan fingerprint density at radius 2 is 2.10 bits per heavy atom. The van der Waals surface area contributed by atoms with Crippen LogP contribution in [0, 0.1) is 12.3 Å². The summed E-state index contributed by atoms with van der Waals surface area (Å²) in [6, 6.07) is 12.3. The van der Waals surface area contributed by atoms with Gasteiger partial charge < -0.3 is 23.9 Å². The van der Waals surface area contributed by atoms with Gasteiger partial charge in [-0.15, -0.1) is 6.42 Å². The van der Waals surface area contributed by atoms with E-state index in [1.54, 1.807) is 14.2 Å². The van der Waals surface area contributed by atoms with Crippen molar-refractivity contribution in [2.24, 2.45) is 0 Å². The monoisotopic (exact) mass is 400 g/mol. The van der Waals surface area contributed by atoms with Gasteiger partial charge in [0, 0.05) is 51.8 Å². The van der Waals surface area contributed by atoms with E-state index in [0.717, 1.165) is 31.8 Å². The van der Waals surface area contributed by atoms with Gasteiger partial charge in [0.05, 0.1) is 19.8 Å². The van der Waals surface area contributed by atoms with Crippen molar-refractivity contribution in [3.05, 3.63) is 53.9 Å². The molecule has 0 fully saturated rings. The molecule has 158 valence electrons. The molecule has 2 rings (SSSR count). The number of aliphatic hydroxyl groups excluding tert-OH is 1. The first kappa shape index (κ1) is 23.0. The second kappa shape index (κ2) is 13.0. The first-order valence-electron chi connectivity index (χ1n) is 9.83. The molecular weight excluding hydrogens is 368 g/mol. The van der Waals surface area contributed by atoms with Crippen LogP contribution in [0.25, 0.3) is 0 Å². The summed E-state index contributed by atoms with van der Waals surface area (Å²) in [5.74, 6) is 3.27. The van der Waals surface area contributed by atoms with E-state index in [-0.39, 0.29) is 13.2 Å². The molecule has 1 heterocycles. The lowest BCUT2D eigenvalue weighted by Gasteiger charge is -2.25. The highest BCUT2D eigenvalue weighted by Gasteiger charge is 2.14. The van der Waals surface area contributed by atoms with Crippen molar-refractivity contribution < 1.29 is 19.3 Å². The number of methoxy groups -OCH3 is 2. The van der Waals surface area contributed by atoms with Crippen LogP contribution in [0.3, 0.4) is 0 Å². The minimum absolute atomic E-state index is 0.212. The second-order valence-corrected chi connectivity index (χ2v) is 6.93. The highest BCUT2D eigenvalue weighted by molar-refractivity contribution is 5.29. The van der Waals surface area contributed by atoms with Crippen LogP contribution < -0.4 is 4.74 Å². The Balaban J connectivity index is 2.01. The van der Waals surface area contributed by atoms with Crippen molar-refractivity contribution >= 4 is 0 Å². The van der Waals surface area contributed by atoms with Crippen molar-refractivity contribution in [2.75, 3.05) is 47.1 Å². The third-order valence-electron chi connectivity index (χ3n) is 4.58. The number of terminal acetylenes is 1. The maximum absolute atomic E-state index is 10.3. The molecule has 0 radical (unpaired) electrons. The topological polar surface area (TPSA) is 56.1 Å². The summed E-state index contributed by atoms with van der Waals surface area (Å²) in [6.07, 6.45) is 7.58. The third kappa shape index (κ3) is 8.30. The van der Waals surface area contributed by atoms with Gasteiger partial charge in [0.2, 0.25) is 0 Å². The Bertz CT molecular complexity index is 753. The summed E-state index contributed by atoms with van der Waals surface area (Å²) >= 11 is 0. The molecule has 1 atom stereocenters. The van der Waals surface area contributed by atoms with E-state index in [4.69, 9.17) is 20.6 Å². The number of rotatable bonds is 14. The van der Waals surface area contributed by atoms with Gasteiger partial charge in [-0.05, 0) is 36.2 Å². The smallest absolute Gasteiger partial charge is 0.119 e. The van der Waals surface area contributed by atoms with E-state index in [2.05, 4.69) is 39.8 Å². The van der Waals surface area contributed by atoms with Crippen molar-refractivity contribution in [1.29, 1.82) is 0 Å². The number of ether oxygens (including phenoxy) is 3. The molecule has 0 bridgehead atoms. The predicted molar refractivity (Wildman–Crippen MR) is 114 cm³/mol. The van der Waals surface area contributed by atoms with Crippen LogP contribution >= 0.6 is 0 Å². The highest BCUT2D eigenvalue weighted by Crippen LogP contribution is 2.16. The molecule has 0 unspecified atom stereocenters. The maximum Gasteiger partial charge on any atom is 0.119 e. The minimum Gasteiger partial charge on any atom is -0.497 e. The van der Waals surface area contributed by atoms with Crippen LogP contribution in [0.2, 0.25) is 0 Å². The van der Waals surface area contributed by atoms with Gasteiger partial charge in [0.1, 0.15) is 12.4 Å². The fourth-order valence-corrected chi connectivity index (χ4v) is 3.22.